The second-order valence-electron chi connectivity index (χ2n) is 10.2. The summed E-state index contributed by atoms with van der Waals surface area (Å²) in [5.41, 5.74) is -5.90. The SMILES string of the molecule is CC(=O)OCC1O[C@@H](O[C@@H]2C(COC(C)=O)OC(C)[C@@H](OC(C)=O)[C@@H]2OC(C)=O)C(OC(C)=O)[C@@H](OS(=O)(=O)C(F)(F)F)[C@@H]1C. The Morgan fingerprint density at radius 1 is 0.644 bits per heavy atom. The number of carbonyl (C=O) groups excluding carboxylic acids is 5. The third-order valence-corrected chi connectivity index (χ3v) is 7.53. The van der Waals surface area contributed by atoms with Crippen LogP contribution in [0, 0.1) is 5.92 Å². The van der Waals surface area contributed by atoms with Crippen molar-refractivity contribution >= 4 is 40.0 Å². The molecule has 20 heteroatoms. The van der Waals surface area contributed by atoms with E-state index < -0.39 is 120 Å². The fourth-order valence-corrected chi connectivity index (χ4v) is 5.31. The van der Waals surface area contributed by atoms with E-state index in [1.807, 2.05) is 0 Å². The van der Waals surface area contributed by atoms with E-state index in [1.165, 1.54) is 13.8 Å². The van der Waals surface area contributed by atoms with E-state index >= 15 is 0 Å². The van der Waals surface area contributed by atoms with Gasteiger partial charge in [-0.3, -0.25) is 28.2 Å². The zero-order chi connectivity index (χ0) is 34.4. The summed E-state index contributed by atoms with van der Waals surface area (Å²) >= 11 is 0. The zero-order valence-electron chi connectivity index (χ0n) is 25.3. The number of hydrogen-bond acceptors (Lipinski definition) is 16. The molecule has 2 aliphatic rings. The Bertz CT molecular complexity index is 1210. The molecule has 0 saturated carbocycles. The number of esters is 5. The Kier molecular flexibility index (Phi) is 13.1. The summed E-state index contributed by atoms with van der Waals surface area (Å²) in [4.78, 5) is 59.2. The molecule has 4 unspecified atom stereocenters. The average Bonchev–Trinajstić information content (AvgIpc) is 2.87. The van der Waals surface area contributed by atoms with Crippen molar-refractivity contribution in [1.29, 1.82) is 0 Å². The molecule has 2 aliphatic heterocycles. The molecule has 0 N–H and O–H groups in total. The summed E-state index contributed by atoms with van der Waals surface area (Å²) in [6.45, 7) is 6.40. The van der Waals surface area contributed by atoms with Gasteiger partial charge in [0.15, 0.2) is 24.6 Å². The molecule has 0 aromatic heterocycles. The Morgan fingerprint density at radius 3 is 1.58 bits per heavy atom. The van der Waals surface area contributed by atoms with Crippen molar-refractivity contribution in [3.63, 3.8) is 0 Å². The lowest BCUT2D eigenvalue weighted by Crippen LogP contribution is -2.65. The molecule has 2 heterocycles. The third-order valence-electron chi connectivity index (χ3n) is 6.49. The summed E-state index contributed by atoms with van der Waals surface area (Å²) in [6.07, 6.45) is -14.6. The van der Waals surface area contributed by atoms with Gasteiger partial charge in [-0.25, -0.2) is 0 Å². The van der Waals surface area contributed by atoms with Crippen LogP contribution in [0.3, 0.4) is 0 Å². The van der Waals surface area contributed by atoms with Crippen LogP contribution in [0.15, 0.2) is 0 Å². The van der Waals surface area contributed by atoms with E-state index in [0.29, 0.717) is 0 Å². The molecule has 258 valence electrons. The summed E-state index contributed by atoms with van der Waals surface area (Å²) in [5.74, 6) is -5.84. The van der Waals surface area contributed by atoms with Crippen LogP contribution < -0.4 is 0 Å². The van der Waals surface area contributed by atoms with Gasteiger partial charge >= 0.3 is 45.5 Å². The van der Waals surface area contributed by atoms with Gasteiger partial charge in [0.2, 0.25) is 0 Å². The normalized spacial score (nSPS) is 32.1. The highest BCUT2D eigenvalue weighted by Gasteiger charge is 2.57. The lowest BCUT2D eigenvalue weighted by atomic mass is 9.90. The summed E-state index contributed by atoms with van der Waals surface area (Å²) in [6, 6.07) is 0. The van der Waals surface area contributed by atoms with Gasteiger partial charge in [0.1, 0.15) is 37.6 Å². The zero-order valence-corrected chi connectivity index (χ0v) is 26.1. The second kappa shape index (κ2) is 15.5. The maximum Gasteiger partial charge on any atom is 0.523 e. The van der Waals surface area contributed by atoms with Gasteiger partial charge in [-0.05, 0) is 6.92 Å². The molecule has 2 saturated heterocycles. The quantitative estimate of drug-likeness (QED) is 0.127. The van der Waals surface area contributed by atoms with Gasteiger partial charge in [0.05, 0.1) is 6.10 Å². The van der Waals surface area contributed by atoms with E-state index in [4.69, 9.17) is 37.9 Å². The Balaban J connectivity index is 2.68. The van der Waals surface area contributed by atoms with E-state index in [-0.39, 0.29) is 0 Å². The van der Waals surface area contributed by atoms with Gasteiger partial charge in [0, 0.05) is 40.5 Å². The maximum atomic E-state index is 13.4. The standard InChI is InChI=1S/C25H35F3O16S/c1-10-17(8-36-12(3)29)42-24(23(41-16(7)33)19(10)44-45(34,35)25(26,27)28)43-21-18(9-37-13(4)30)38-11(2)20(39-14(5)31)22(21)40-15(6)32/h10-11,17-24H,8-9H2,1-7H3/t10-,11?,17?,18?,19+,20-,21-,22+,23?,24+/m1/s1. The first kappa shape index (κ1) is 38.1. The van der Waals surface area contributed by atoms with Gasteiger partial charge in [-0.15, -0.1) is 0 Å². The minimum Gasteiger partial charge on any atom is -0.463 e. The smallest absolute Gasteiger partial charge is 0.463 e. The minimum atomic E-state index is -6.31. The minimum absolute atomic E-state index is 0.560. The van der Waals surface area contributed by atoms with Crippen molar-refractivity contribution in [1.82, 2.24) is 0 Å². The highest BCUT2D eigenvalue weighted by molar-refractivity contribution is 7.87. The lowest BCUT2D eigenvalue weighted by molar-refractivity contribution is -0.335. The van der Waals surface area contributed by atoms with Crippen molar-refractivity contribution in [3.8, 4) is 0 Å². The van der Waals surface area contributed by atoms with Crippen molar-refractivity contribution < 1.29 is 87.6 Å². The van der Waals surface area contributed by atoms with E-state index in [1.54, 1.807) is 0 Å². The molecule has 0 aromatic rings. The number of carbonyl (C=O) groups is 5. The lowest BCUT2D eigenvalue weighted by Gasteiger charge is -2.48. The van der Waals surface area contributed by atoms with Crippen LogP contribution in [0.2, 0.25) is 0 Å². The van der Waals surface area contributed by atoms with Crippen LogP contribution in [0.4, 0.5) is 13.2 Å². The Morgan fingerprint density at radius 2 is 1.11 bits per heavy atom. The van der Waals surface area contributed by atoms with Crippen LogP contribution in [-0.2, 0) is 76.2 Å². The number of alkyl halides is 3. The Labute approximate surface area is 256 Å². The monoisotopic (exact) mass is 680 g/mol. The maximum absolute atomic E-state index is 13.4. The molecule has 0 aromatic carbocycles. The average molecular weight is 681 g/mol. The van der Waals surface area contributed by atoms with E-state index in [2.05, 4.69) is 4.18 Å². The number of halogens is 3. The van der Waals surface area contributed by atoms with Gasteiger partial charge < -0.3 is 37.9 Å². The molecule has 45 heavy (non-hydrogen) atoms. The summed E-state index contributed by atoms with van der Waals surface area (Å²) < 4.78 is 112. The molecule has 2 fully saturated rings. The van der Waals surface area contributed by atoms with Gasteiger partial charge in [-0.2, -0.15) is 21.6 Å². The largest absolute Gasteiger partial charge is 0.523 e. The van der Waals surface area contributed by atoms with Crippen molar-refractivity contribution in [2.45, 2.75) is 109 Å². The molecular weight excluding hydrogens is 645 g/mol. The topological polar surface area (TPSA) is 203 Å². The molecule has 0 radical (unpaired) electrons. The summed E-state index contributed by atoms with van der Waals surface area (Å²) in [5, 5.41) is 0. The molecule has 0 aliphatic carbocycles. The van der Waals surface area contributed by atoms with Crippen LogP contribution in [-0.4, -0.2) is 112 Å². The van der Waals surface area contributed by atoms with E-state index in [9.17, 15) is 45.6 Å². The third kappa shape index (κ3) is 10.5. The predicted octanol–water partition coefficient (Wildman–Crippen LogP) is 0.676. The van der Waals surface area contributed by atoms with Crippen molar-refractivity contribution in [3.05, 3.63) is 0 Å². The molecule has 2 rings (SSSR count). The summed E-state index contributed by atoms with van der Waals surface area (Å²) in [7, 11) is -6.31. The number of hydrogen-bond donors (Lipinski definition) is 0. The fraction of sp³-hybridized carbons (Fsp3) is 0.800. The first-order valence-corrected chi connectivity index (χ1v) is 14.8. The highest BCUT2D eigenvalue weighted by atomic mass is 32.2. The fourth-order valence-electron chi connectivity index (χ4n) is 4.63. The molecule has 0 amide bonds. The predicted molar refractivity (Wildman–Crippen MR) is 137 cm³/mol. The van der Waals surface area contributed by atoms with E-state index in [0.717, 1.165) is 34.6 Å². The molecule has 0 spiro atoms. The molecule has 10 atom stereocenters. The van der Waals surface area contributed by atoms with Crippen LogP contribution in [0.5, 0.6) is 0 Å². The number of rotatable bonds is 11. The van der Waals surface area contributed by atoms with Gasteiger partial charge in [0.25, 0.3) is 0 Å². The van der Waals surface area contributed by atoms with Crippen molar-refractivity contribution in [2.24, 2.45) is 5.92 Å². The Hall–Kier alpha value is -3.07. The van der Waals surface area contributed by atoms with Crippen LogP contribution in [0.25, 0.3) is 0 Å². The molecule has 0 bridgehead atoms. The molecule has 16 nitrogen and oxygen atoms in total. The first-order chi connectivity index (χ1) is 20.6. The van der Waals surface area contributed by atoms with Crippen LogP contribution in [0.1, 0.15) is 48.5 Å². The second-order valence-corrected chi connectivity index (χ2v) is 11.7. The van der Waals surface area contributed by atoms with Crippen molar-refractivity contribution in [2.75, 3.05) is 13.2 Å². The first-order valence-electron chi connectivity index (χ1n) is 13.4. The number of ether oxygens (including phenoxy) is 8. The molecular formula is C25H35F3O16S. The highest BCUT2D eigenvalue weighted by Crippen LogP contribution is 2.38. The van der Waals surface area contributed by atoms with Gasteiger partial charge in [-0.1, -0.05) is 6.92 Å². The van der Waals surface area contributed by atoms with Crippen LogP contribution >= 0.6 is 0 Å².